The smallest absolute Gasteiger partial charge is 0.222 e. The van der Waals surface area contributed by atoms with Crippen molar-refractivity contribution in [1.29, 1.82) is 0 Å². The number of nitrogens with zero attached hydrogens (tertiary/aromatic N) is 3. The van der Waals surface area contributed by atoms with Crippen molar-refractivity contribution in [2.45, 2.75) is 42.5 Å². The third-order valence-corrected chi connectivity index (χ3v) is 6.86. The Morgan fingerprint density at radius 1 is 1.06 bits per heavy atom. The molecule has 4 aliphatic rings. The van der Waals surface area contributed by atoms with E-state index >= 15 is 0 Å². The maximum Gasteiger partial charge on any atom is 0.222 e. The number of rotatable bonds is 2. The first kappa shape index (κ1) is 11.1. The molecular formula is C13H20N4S. The van der Waals surface area contributed by atoms with Crippen LogP contribution in [0, 0.1) is 23.7 Å². The molecule has 0 atom stereocenters. The molecule has 1 heterocycles. The first-order valence-electron chi connectivity index (χ1n) is 7.02. The normalized spacial score (nSPS) is 41.5. The van der Waals surface area contributed by atoms with E-state index in [1.54, 1.807) is 0 Å². The van der Waals surface area contributed by atoms with E-state index in [2.05, 4.69) is 10.2 Å². The van der Waals surface area contributed by atoms with E-state index in [0.29, 0.717) is 5.95 Å². The second-order valence-electron chi connectivity index (χ2n) is 6.41. The van der Waals surface area contributed by atoms with Gasteiger partial charge in [-0.15, -0.1) is 10.2 Å². The Labute approximate surface area is 112 Å². The molecule has 5 rings (SSSR count). The molecule has 0 unspecified atom stereocenters. The first-order chi connectivity index (χ1) is 8.70. The van der Waals surface area contributed by atoms with Gasteiger partial charge in [0.1, 0.15) is 0 Å². The molecule has 5 heteroatoms. The van der Waals surface area contributed by atoms with E-state index in [1.807, 2.05) is 23.4 Å². The third-order valence-electron chi connectivity index (χ3n) is 5.25. The lowest BCUT2D eigenvalue weighted by Gasteiger charge is -2.53. The molecule has 4 fully saturated rings. The molecule has 0 amide bonds. The fourth-order valence-electron chi connectivity index (χ4n) is 4.62. The summed E-state index contributed by atoms with van der Waals surface area (Å²) in [5.74, 6) is 4.44. The predicted molar refractivity (Wildman–Crippen MR) is 72.1 cm³/mol. The molecule has 0 radical (unpaired) electrons. The van der Waals surface area contributed by atoms with Crippen LogP contribution < -0.4 is 5.73 Å². The van der Waals surface area contributed by atoms with Gasteiger partial charge < -0.3 is 5.73 Å². The van der Waals surface area contributed by atoms with Crippen molar-refractivity contribution in [3.8, 4) is 0 Å². The van der Waals surface area contributed by atoms with Gasteiger partial charge in [-0.1, -0.05) is 11.8 Å². The molecule has 0 saturated heterocycles. The second kappa shape index (κ2) is 3.89. The van der Waals surface area contributed by atoms with Gasteiger partial charge in [-0.3, -0.25) is 4.57 Å². The molecule has 2 N–H and O–H groups in total. The maximum atomic E-state index is 5.77. The van der Waals surface area contributed by atoms with E-state index in [-0.39, 0.29) is 0 Å². The number of thioether (sulfide) groups is 1. The molecule has 18 heavy (non-hydrogen) atoms. The summed E-state index contributed by atoms with van der Waals surface area (Å²) in [6, 6.07) is 0. The van der Waals surface area contributed by atoms with Crippen molar-refractivity contribution in [1.82, 2.24) is 14.8 Å². The highest BCUT2D eigenvalue weighted by atomic mass is 32.2. The van der Waals surface area contributed by atoms with Crippen molar-refractivity contribution in [2.24, 2.45) is 30.7 Å². The molecule has 0 aromatic carbocycles. The van der Waals surface area contributed by atoms with Crippen molar-refractivity contribution in [3.05, 3.63) is 0 Å². The fourth-order valence-corrected chi connectivity index (χ4v) is 6.03. The maximum absolute atomic E-state index is 5.77. The monoisotopic (exact) mass is 264 g/mol. The van der Waals surface area contributed by atoms with Crippen LogP contribution in [0.3, 0.4) is 0 Å². The zero-order chi connectivity index (χ0) is 12.3. The van der Waals surface area contributed by atoms with Gasteiger partial charge in [0.25, 0.3) is 0 Å². The number of aromatic nitrogens is 3. The lowest BCUT2D eigenvalue weighted by Crippen LogP contribution is -2.46. The Morgan fingerprint density at radius 2 is 1.67 bits per heavy atom. The summed E-state index contributed by atoms with van der Waals surface area (Å²) in [4.78, 5) is 0. The van der Waals surface area contributed by atoms with Crippen molar-refractivity contribution in [3.63, 3.8) is 0 Å². The number of hydrogen-bond acceptors (Lipinski definition) is 4. The lowest BCUT2D eigenvalue weighted by molar-refractivity contribution is 0.0266. The number of nitrogens with two attached hydrogens (primary N) is 1. The first-order valence-corrected chi connectivity index (χ1v) is 7.90. The Hall–Kier alpha value is -0.710. The molecule has 4 saturated carbocycles. The van der Waals surface area contributed by atoms with Crippen molar-refractivity contribution in [2.75, 3.05) is 5.73 Å². The molecule has 1 aromatic rings. The molecule has 98 valence electrons. The largest absolute Gasteiger partial charge is 0.368 e. The highest BCUT2D eigenvalue weighted by Crippen LogP contribution is 2.57. The van der Waals surface area contributed by atoms with Gasteiger partial charge >= 0.3 is 0 Å². The highest BCUT2D eigenvalue weighted by Gasteiger charge is 2.48. The van der Waals surface area contributed by atoms with Crippen molar-refractivity contribution >= 4 is 17.7 Å². The average molecular weight is 264 g/mol. The van der Waals surface area contributed by atoms with Crippen LogP contribution in [0.25, 0.3) is 0 Å². The van der Waals surface area contributed by atoms with Crippen LogP contribution in [0.1, 0.15) is 32.1 Å². The predicted octanol–water partition coefficient (Wildman–Crippen LogP) is 2.31. The average Bonchev–Trinajstić information content (AvgIpc) is 2.64. The summed E-state index contributed by atoms with van der Waals surface area (Å²) < 4.78 is 1.93. The number of anilines is 1. The van der Waals surface area contributed by atoms with Gasteiger partial charge in [-0.05, 0) is 55.8 Å². The summed E-state index contributed by atoms with van der Waals surface area (Å²) in [5, 5.41) is 9.96. The summed E-state index contributed by atoms with van der Waals surface area (Å²) in [6.45, 7) is 0. The molecular weight excluding hydrogens is 244 g/mol. The number of nitrogen functional groups attached to an aromatic ring is 1. The molecule has 4 bridgehead atoms. The summed E-state index contributed by atoms with van der Waals surface area (Å²) in [5.41, 5.74) is 5.77. The molecule has 4 aliphatic carbocycles. The summed E-state index contributed by atoms with van der Waals surface area (Å²) >= 11 is 1.94. The van der Waals surface area contributed by atoms with E-state index in [0.717, 1.165) is 34.1 Å². The van der Waals surface area contributed by atoms with Crippen LogP contribution in [-0.4, -0.2) is 20.0 Å². The Bertz CT molecular complexity index is 442. The fraction of sp³-hybridized carbons (Fsp3) is 0.846. The topological polar surface area (TPSA) is 56.7 Å². The van der Waals surface area contributed by atoms with Gasteiger partial charge in [0.15, 0.2) is 5.16 Å². The highest BCUT2D eigenvalue weighted by molar-refractivity contribution is 7.99. The van der Waals surface area contributed by atoms with Crippen molar-refractivity contribution < 1.29 is 0 Å². The van der Waals surface area contributed by atoms with Gasteiger partial charge in [0, 0.05) is 12.3 Å². The van der Waals surface area contributed by atoms with Crippen LogP contribution in [-0.2, 0) is 7.05 Å². The van der Waals surface area contributed by atoms with Gasteiger partial charge in [-0.2, -0.15) is 0 Å². The standard InChI is InChI=1S/C13H20N4S/c1-17-12(14)15-16-13(17)18-11-9-3-7-2-8(5-9)6-10(11)4-7/h7-11H,2-6H2,1H3,(H2,14,15). The number of hydrogen-bond donors (Lipinski definition) is 1. The second-order valence-corrected chi connectivity index (χ2v) is 7.56. The van der Waals surface area contributed by atoms with E-state index < -0.39 is 0 Å². The molecule has 0 spiro atoms. The van der Waals surface area contributed by atoms with Crippen LogP contribution >= 0.6 is 11.8 Å². The molecule has 1 aromatic heterocycles. The Morgan fingerprint density at radius 3 is 2.17 bits per heavy atom. The molecule has 4 nitrogen and oxygen atoms in total. The van der Waals surface area contributed by atoms with Crippen LogP contribution in [0.15, 0.2) is 5.16 Å². The van der Waals surface area contributed by atoms with E-state index in [1.165, 1.54) is 32.1 Å². The van der Waals surface area contributed by atoms with Crippen LogP contribution in [0.4, 0.5) is 5.95 Å². The van der Waals surface area contributed by atoms with Gasteiger partial charge in [0.2, 0.25) is 5.95 Å². The van der Waals surface area contributed by atoms with Gasteiger partial charge in [-0.25, -0.2) is 0 Å². The summed E-state index contributed by atoms with van der Waals surface area (Å²) in [7, 11) is 1.97. The third kappa shape index (κ3) is 1.59. The van der Waals surface area contributed by atoms with E-state index in [9.17, 15) is 0 Å². The van der Waals surface area contributed by atoms with E-state index in [4.69, 9.17) is 5.73 Å². The summed E-state index contributed by atoms with van der Waals surface area (Å²) in [6.07, 6.45) is 7.34. The minimum atomic E-state index is 0.529. The Kier molecular flexibility index (Phi) is 2.41. The van der Waals surface area contributed by atoms with Gasteiger partial charge in [0.05, 0.1) is 0 Å². The quantitative estimate of drug-likeness (QED) is 0.890. The minimum absolute atomic E-state index is 0.529. The van der Waals surface area contributed by atoms with Crippen LogP contribution in [0.5, 0.6) is 0 Å². The lowest BCUT2D eigenvalue weighted by atomic mass is 9.56. The molecule has 0 aliphatic heterocycles. The zero-order valence-corrected chi connectivity index (χ0v) is 11.6. The Balaban J connectivity index is 1.57. The SMILES string of the molecule is Cn1c(N)nnc1SC1C2CC3CC(C2)CC1C3. The zero-order valence-electron chi connectivity index (χ0n) is 10.7. The minimum Gasteiger partial charge on any atom is -0.368 e. The van der Waals surface area contributed by atoms with Crippen LogP contribution in [0.2, 0.25) is 0 Å².